The molecule has 196 valence electrons. The first-order chi connectivity index (χ1) is 16.3. The third kappa shape index (κ3) is 11.0. The molecule has 0 radical (unpaired) electrons. The van der Waals surface area contributed by atoms with Gasteiger partial charge in [-0.2, -0.15) is 12.6 Å². The molecule has 1 rings (SSSR count). The molecule has 0 fully saturated rings. The Morgan fingerprint density at radius 2 is 1.31 bits per heavy atom. The monoisotopic (exact) mass is 510 g/mol. The van der Waals surface area contributed by atoms with Crippen LogP contribution in [0.4, 0.5) is 0 Å². The Bertz CT molecular complexity index is 862. The van der Waals surface area contributed by atoms with Crippen LogP contribution in [-0.2, 0) is 25.6 Å². The second-order valence-electron chi connectivity index (χ2n) is 9.44. The molecule has 0 heterocycles. The molecule has 7 N–H and O–H groups in total. The minimum Gasteiger partial charge on any atom is -0.508 e. The van der Waals surface area contributed by atoms with Crippen molar-refractivity contribution in [1.29, 1.82) is 0 Å². The maximum Gasteiger partial charge on any atom is 0.326 e. The van der Waals surface area contributed by atoms with E-state index < -0.39 is 47.9 Å². The highest BCUT2D eigenvalue weighted by molar-refractivity contribution is 7.80. The second-order valence-corrected chi connectivity index (χ2v) is 9.81. The molecule has 0 bridgehead atoms. The van der Waals surface area contributed by atoms with E-state index in [-0.39, 0.29) is 29.8 Å². The molecule has 35 heavy (non-hydrogen) atoms. The van der Waals surface area contributed by atoms with E-state index in [0.717, 1.165) is 0 Å². The Morgan fingerprint density at radius 3 is 1.80 bits per heavy atom. The van der Waals surface area contributed by atoms with Gasteiger partial charge in [0, 0.05) is 12.2 Å². The molecule has 0 saturated carbocycles. The van der Waals surface area contributed by atoms with Crippen molar-refractivity contribution in [2.24, 2.45) is 17.6 Å². The Balaban J connectivity index is 2.87. The van der Waals surface area contributed by atoms with E-state index in [1.54, 1.807) is 12.1 Å². The van der Waals surface area contributed by atoms with Crippen LogP contribution < -0.4 is 21.7 Å². The molecule has 0 saturated heterocycles. The summed E-state index contributed by atoms with van der Waals surface area (Å²) in [6, 6.07) is 1.89. The van der Waals surface area contributed by atoms with E-state index in [1.165, 1.54) is 12.1 Å². The molecule has 0 aliphatic heterocycles. The number of aromatic hydroxyl groups is 1. The summed E-state index contributed by atoms with van der Waals surface area (Å²) in [6.07, 6.45) is 0.765. The van der Waals surface area contributed by atoms with Gasteiger partial charge in [-0.25, -0.2) is 4.79 Å². The Labute approximate surface area is 211 Å². The fraction of sp³-hybridized carbons (Fsp3) is 0.583. The van der Waals surface area contributed by atoms with Crippen LogP contribution in [0.1, 0.15) is 46.1 Å². The van der Waals surface area contributed by atoms with Crippen LogP contribution in [0.25, 0.3) is 0 Å². The number of aliphatic carboxylic acids is 1. The Hall–Kier alpha value is -2.79. The molecule has 4 atom stereocenters. The summed E-state index contributed by atoms with van der Waals surface area (Å²) in [5.41, 5.74) is 6.53. The molecule has 0 aliphatic rings. The molecule has 1 aromatic rings. The molecule has 10 nitrogen and oxygen atoms in total. The molecule has 1 aromatic carbocycles. The Kier molecular flexibility index (Phi) is 12.6. The second kappa shape index (κ2) is 14.6. The van der Waals surface area contributed by atoms with Crippen molar-refractivity contribution in [3.63, 3.8) is 0 Å². The van der Waals surface area contributed by atoms with E-state index in [1.807, 2.05) is 27.7 Å². The summed E-state index contributed by atoms with van der Waals surface area (Å²) in [6.45, 7) is 7.66. The van der Waals surface area contributed by atoms with Gasteiger partial charge in [0.25, 0.3) is 0 Å². The largest absolute Gasteiger partial charge is 0.508 e. The molecule has 4 unspecified atom stereocenters. The van der Waals surface area contributed by atoms with Crippen LogP contribution in [-0.4, -0.2) is 63.8 Å². The first kappa shape index (κ1) is 30.2. The van der Waals surface area contributed by atoms with Gasteiger partial charge in [-0.1, -0.05) is 39.8 Å². The van der Waals surface area contributed by atoms with Gasteiger partial charge in [0.2, 0.25) is 17.7 Å². The smallest absolute Gasteiger partial charge is 0.326 e. The summed E-state index contributed by atoms with van der Waals surface area (Å²) in [5, 5.41) is 26.6. The van der Waals surface area contributed by atoms with Crippen molar-refractivity contribution in [2.45, 2.75) is 71.1 Å². The van der Waals surface area contributed by atoms with Crippen LogP contribution in [0.2, 0.25) is 0 Å². The van der Waals surface area contributed by atoms with Gasteiger partial charge in [0.05, 0.1) is 6.04 Å². The number of nitrogens with one attached hydrogen (secondary N) is 3. The number of phenols is 1. The topological polar surface area (TPSA) is 171 Å². The van der Waals surface area contributed by atoms with Crippen molar-refractivity contribution in [3.8, 4) is 5.75 Å². The summed E-state index contributed by atoms with van der Waals surface area (Å²) in [5.74, 6) is -2.78. The predicted octanol–water partition coefficient (Wildman–Crippen LogP) is 0.823. The Morgan fingerprint density at radius 1 is 0.829 bits per heavy atom. The van der Waals surface area contributed by atoms with Crippen LogP contribution in [0.3, 0.4) is 0 Å². The summed E-state index contributed by atoms with van der Waals surface area (Å²) < 4.78 is 0. The quantitative estimate of drug-likeness (QED) is 0.182. The van der Waals surface area contributed by atoms with Crippen molar-refractivity contribution < 1.29 is 29.4 Å². The van der Waals surface area contributed by atoms with E-state index in [4.69, 9.17) is 5.73 Å². The van der Waals surface area contributed by atoms with Gasteiger partial charge in [-0.3, -0.25) is 14.4 Å². The highest BCUT2D eigenvalue weighted by Gasteiger charge is 2.30. The third-order valence-corrected chi connectivity index (χ3v) is 5.57. The average Bonchev–Trinajstić information content (AvgIpc) is 2.76. The summed E-state index contributed by atoms with van der Waals surface area (Å²) in [7, 11) is 0. The number of benzene rings is 1. The molecule has 0 aliphatic carbocycles. The third-order valence-electron chi connectivity index (χ3n) is 5.21. The maximum atomic E-state index is 13.0. The van der Waals surface area contributed by atoms with Gasteiger partial charge >= 0.3 is 5.97 Å². The maximum absolute atomic E-state index is 13.0. The summed E-state index contributed by atoms with van der Waals surface area (Å²) >= 11 is 4.13. The molecular formula is C24H38N4O6S. The normalized spacial score (nSPS) is 14.6. The number of carbonyl (C=O) groups is 4. The lowest BCUT2D eigenvalue weighted by molar-refractivity contribution is -0.142. The number of rotatable bonds is 14. The van der Waals surface area contributed by atoms with Crippen molar-refractivity contribution in [3.05, 3.63) is 29.8 Å². The van der Waals surface area contributed by atoms with E-state index in [9.17, 15) is 29.4 Å². The molecule has 3 amide bonds. The number of carboxylic acids is 1. The van der Waals surface area contributed by atoms with Crippen LogP contribution in [0.15, 0.2) is 24.3 Å². The van der Waals surface area contributed by atoms with E-state index in [2.05, 4.69) is 28.6 Å². The minimum absolute atomic E-state index is 0.0195. The standard InChI is InChI=1S/C24H38N4O6S/c1-13(2)9-17(25)21(30)26-18(10-14(3)4)22(31)28-20(12-35)23(32)27-19(24(33)34)11-15-5-7-16(29)8-6-15/h5-8,13-14,17-20,29,35H,9-12,25H2,1-4H3,(H,26,30)(H,27,32)(H,28,31)(H,33,34). The van der Waals surface area contributed by atoms with Crippen molar-refractivity contribution in [1.82, 2.24) is 16.0 Å². The highest BCUT2D eigenvalue weighted by Crippen LogP contribution is 2.12. The lowest BCUT2D eigenvalue weighted by atomic mass is 10.0. The molecule has 0 aromatic heterocycles. The number of thiol groups is 1. The van der Waals surface area contributed by atoms with Gasteiger partial charge in [-0.15, -0.1) is 0 Å². The molecule has 11 heteroatoms. The van der Waals surface area contributed by atoms with Crippen LogP contribution in [0, 0.1) is 11.8 Å². The number of carbonyl (C=O) groups excluding carboxylic acids is 3. The first-order valence-corrected chi connectivity index (χ1v) is 12.3. The van der Waals surface area contributed by atoms with Crippen LogP contribution in [0.5, 0.6) is 5.75 Å². The zero-order chi connectivity index (χ0) is 26.7. The number of carboxylic acid groups (broad SMARTS) is 1. The number of phenolic OH excluding ortho intramolecular Hbond substituents is 1. The lowest BCUT2D eigenvalue weighted by Gasteiger charge is -2.25. The number of hydrogen-bond acceptors (Lipinski definition) is 7. The van der Waals surface area contributed by atoms with Crippen molar-refractivity contribution >= 4 is 36.3 Å². The number of hydrogen-bond donors (Lipinski definition) is 7. The molecule has 0 spiro atoms. The molecular weight excluding hydrogens is 472 g/mol. The highest BCUT2D eigenvalue weighted by atomic mass is 32.1. The summed E-state index contributed by atoms with van der Waals surface area (Å²) in [4.78, 5) is 49.9. The zero-order valence-electron chi connectivity index (χ0n) is 20.7. The fourth-order valence-electron chi connectivity index (χ4n) is 3.40. The van der Waals surface area contributed by atoms with Gasteiger partial charge in [0.1, 0.15) is 23.9 Å². The SMILES string of the molecule is CC(C)CC(N)C(=O)NC(CC(C)C)C(=O)NC(CS)C(=O)NC(Cc1ccc(O)cc1)C(=O)O. The van der Waals surface area contributed by atoms with E-state index >= 15 is 0 Å². The number of amides is 3. The van der Waals surface area contributed by atoms with Gasteiger partial charge < -0.3 is 31.9 Å². The fourth-order valence-corrected chi connectivity index (χ4v) is 3.66. The van der Waals surface area contributed by atoms with Gasteiger partial charge in [-0.05, 0) is 42.4 Å². The average molecular weight is 511 g/mol. The lowest BCUT2D eigenvalue weighted by Crippen LogP contribution is -2.58. The van der Waals surface area contributed by atoms with Crippen molar-refractivity contribution in [2.75, 3.05) is 5.75 Å². The van der Waals surface area contributed by atoms with E-state index in [0.29, 0.717) is 18.4 Å². The van der Waals surface area contributed by atoms with Gasteiger partial charge in [0.15, 0.2) is 0 Å². The van der Waals surface area contributed by atoms with Crippen LogP contribution >= 0.6 is 12.6 Å². The first-order valence-electron chi connectivity index (χ1n) is 11.6. The predicted molar refractivity (Wildman–Crippen MR) is 136 cm³/mol. The zero-order valence-corrected chi connectivity index (χ0v) is 21.5. The number of nitrogens with two attached hydrogens (primary N) is 1. The minimum atomic E-state index is -1.26.